The summed E-state index contributed by atoms with van der Waals surface area (Å²) in [4.78, 5) is 31.1. The van der Waals surface area contributed by atoms with Gasteiger partial charge in [-0.2, -0.15) is 0 Å². The van der Waals surface area contributed by atoms with Crippen molar-refractivity contribution in [1.82, 2.24) is 15.2 Å². The molecule has 204 valence electrons. The average Bonchev–Trinajstić information content (AvgIpc) is 3.35. The quantitative estimate of drug-likeness (QED) is 0.404. The number of sulfone groups is 1. The molecule has 1 fully saturated rings. The van der Waals surface area contributed by atoms with Crippen LogP contribution in [0.2, 0.25) is 0 Å². The number of amides is 2. The van der Waals surface area contributed by atoms with E-state index in [4.69, 9.17) is 0 Å². The van der Waals surface area contributed by atoms with Crippen LogP contribution in [0.3, 0.4) is 0 Å². The SMILES string of the molecule is Cc1[nH]c(C=C2C(=O)Nc3cccc(-c4c(F)cccc4F)c32)c(C)c1C(=O)NCCN1CCS(=O)(=O)CC1. The summed E-state index contributed by atoms with van der Waals surface area (Å²) in [5.74, 6) is -1.94. The zero-order valence-corrected chi connectivity index (χ0v) is 22.3. The van der Waals surface area contributed by atoms with E-state index in [9.17, 15) is 26.8 Å². The van der Waals surface area contributed by atoms with Crippen molar-refractivity contribution in [3.8, 4) is 11.1 Å². The molecule has 11 heteroatoms. The number of hydrogen-bond acceptors (Lipinski definition) is 5. The van der Waals surface area contributed by atoms with Crippen LogP contribution in [0.15, 0.2) is 36.4 Å². The number of aromatic amines is 1. The molecule has 2 amide bonds. The van der Waals surface area contributed by atoms with E-state index in [-0.39, 0.29) is 34.1 Å². The van der Waals surface area contributed by atoms with Crippen molar-refractivity contribution in [3.63, 3.8) is 0 Å². The number of rotatable bonds is 6. The molecular formula is C28H28F2N4O4S. The fourth-order valence-corrected chi connectivity index (χ4v) is 6.42. The zero-order valence-electron chi connectivity index (χ0n) is 21.5. The van der Waals surface area contributed by atoms with Crippen LogP contribution in [0.5, 0.6) is 0 Å². The van der Waals surface area contributed by atoms with Crippen LogP contribution in [0.25, 0.3) is 22.8 Å². The Bertz CT molecular complexity index is 1590. The molecular weight excluding hydrogens is 526 g/mol. The summed E-state index contributed by atoms with van der Waals surface area (Å²) in [5.41, 5.74) is 3.27. The van der Waals surface area contributed by atoms with Crippen molar-refractivity contribution in [1.29, 1.82) is 0 Å². The molecule has 0 atom stereocenters. The van der Waals surface area contributed by atoms with Gasteiger partial charge >= 0.3 is 0 Å². The molecule has 5 rings (SSSR count). The molecule has 39 heavy (non-hydrogen) atoms. The molecule has 3 heterocycles. The summed E-state index contributed by atoms with van der Waals surface area (Å²) in [6.45, 7) is 5.29. The minimum absolute atomic E-state index is 0.122. The monoisotopic (exact) mass is 554 g/mol. The van der Waals surface area contributed by atoms with Crippen molar-refractivity contribution < 1.29 is 26.8 Å². The van der Waals surface area contributed by atoms with E-state index in [1.807, 2.05) is 4.90 Å². The molecule has 2 aliphatic heterocycles. The summed E-state index contributed by atoms with van der Waals surface area (Å²) < 4.78 is 52.6. The van der Waals surface area contributed by atoms with Crippen LogP contribution >= 0.6 is 0 Å². The Morgan fingerprint density at radius 2 is 1.72 bits per heavy atom. The summed E-state index contributed by atoms with van der Waals surface area (Å²) in [7, 11) is -2.97. The summed E-state index contributed by atoms with van der Waals surface area (Å²) >= 11 is 0. The van der Waals surface area contributed by atoms with Crippen molar-refractivity contribution in [2.75, 3.05) is 43.0 Å². The van der Waals surface area contributed by atoms with Crippen LogP contribution in [-0.4, -0.2) is 67.8 Å². The van der Waals surface area contributed by atoms with Crippen molar-refractivity contribution in [2.45, 2.75) is 13.8 Å². The van der Waals surface area contributed by atoms with Gasteiger partial charge in [0.25, 0.3) is 11.8 Å². The summed E-state index contributed by atoms with van der Waals surface area (Å²) in [6, 6.07) is 8.48. The smallest absolute Gasteiger partial charge is 0.256 e. The predicted octanol–water partition coefficient (Wildman–Crippen LogP) is 3.53. The van der Waals surface area contributed by atoms with Gasteiger partial charge < -0.3 is 15.6 Å². The highest BCUT2D eigenvalue weighted by Crippen LogP contribution is 2.42. The van der Waals surface area contributed by atoms with E-state index in [0.29, 0.717) is 59.9 Å². The van der Waals surface area contributed by atoms with Gasteiger partial charge in [-0.15, -0.1) is 0 Å². The number of nitrogens with one attached hydrogen (secondary N) is 3. The van der Waals surface area contributed by atoms with Crippen LogP contribution in [-0.2, 0) is 14.6 Å². The fraction of sp³-hybridized carbons (Fsp3) is 0.286. The molecule has 3 N–H and O–H groups in total. The number of hydrogen-bond donors (Lipinski definition) is 3. The molecule has 8 nitrogen and oxygen atoms in total. The van der Waals surface area contributed by atoms with Gasteiger partial charge in [-0.05, 0) is 49.2 Å². The third-order valence-electron chi connectivity index (χ3n) is 7.20. The molecule has 2 aromatic carbocycles. The maximum atomic E-state index is 14.7. The zero-order chi connectivity index (χ0) is 27.9. The lowest BCUT2D eigenvalue weighted by Gasteiger charge is -2.26. The molecule has 2 aliphatic rings. The molecule has 0 bridgehead atoms. The average molecular weight is 555 g/mol. The van der Waals surface area contributed by atoms with Crippen molar-refractivity contribution in [3.05, 3.63) is 76.1 Å². The first kappa shape index (κ1) is 26.8. The first-order valence-electron chi connectivity index (χ1n) is 12.6. The highest BCUT2D eigenvalue weighted by molar-refractivity contribution is 7.91. The number of carbonyl (C=O) groups excluding carboxylic acids is 2. The lowest BCUT2D eigenvalue weighted by molar-refractivity contribution is -0.110. The molecule has 0 unspecified atom stereocenters. The number of aryl methyl sites for hydroxylation is 1. The lowest BCUT2D eigenvalue weighted by Crippen LogP contribution is -2.43. The number of aromatic nitrogens is 1. The second-order valence-corrected chi connectivity index (χ2v) is 12.1. The number of benzene rings is 2. The van der Waals surface area contributed by atoms with E-state index in [1.165, 1.54) is 18.2 Å². The van der Waals surface area contributed by atoms with Gasteiger partial charge in [0.1, 0.15) is 11.6 Å². The third kappa shape index (κ3) is 5.24. The van der Waals surface area contributed by atoms with E-state index >= 15 is 0 Å². The molecule has 0 spiro atoms. The normalized spacial score (nSPS) is 17.7. The number of nitrogens with zero attached hydrogens (tertiary/aromatic N) is 1. The maximum absolute atomic E-state index is 14.7. The minimum Gasteiger partial charge on any atom is -0.358 e. The molecule has 0 aliphatic carbocycles. The van der Waals surface area contributed by atoms with Crippen LogP contribution in [0.1, 0.15) is 32.9 Å². The Hall–Kier alpha value is -3.83. The van der Waals surface area contributed by atoms with Gasteiger partial charge in [-0.25, -0.2) is 17.2 Å². The van der Waals surface area contributed by atoms with E-state index in [2.05, 4.69) is 15.6 Å². The topological polar surface area (TPSA) is 111 Å². The van der Waals surface area contributed by atoms with Gasteiger partial charge in [0.05, 0.1) is 28.2 Å². The molecule has 0 radical (unpaired) electrons. The maximum Gasteiger partial charge on any atom is 0.256 e. The molecule has 1 aromatic heterocycles. The van der Waals surface area contributed by atoms with Crippen molar-refractivity contribution in [2.24, 2.45) is 0 Å². The molecule has 1 saturated heterocycles. The second kappa shape index (κ2) is 10.4. The van der Waals surface area contributed by atoms with E-state index in [1.54, 1.807) is 38.1 Å². The first-order chi connectivity index (χ1) is 18.6. The van der Waals surface area contributed by atoms with E-state index < -0.39 is 27.4 Å². The number of fused-ring (bicyclic) bond motifs is 1. The Balaban J connectivity index is 1.40. The highest BCUT2D eigenvalue weighted by Gasteiger charge is 2.30. The number of H-pyrrole nitrogens is 1. The Kier molecular flexibility index (Phi) is 7.13. The summed E-state index contributed by atoms with van der Waals surface area (Å²) in [5, 5.41) is 5.65. The van der Waals surface area contributed by atoms with Crippen LogP contribution in [0, 0.1) is 25.5 Å². The van der Waals surface area contributed by atoms with Gasteiger partial charge in [0, 0.05) is 48.8 Å². The molecule has 0 saturated carbocycles. The van der Waals surface area contributed by atoms with Crippen molar-refractivity contribution >= 4 is 39.0 Å². The van der Waals surface area contributed by atoms with Gasteiger partial charge in [0.2, 0.25) is 0 Å². The van der Waals surface area contributed by atoms with Gasteiger partial charge in [-0.1, -0.05) is 18.2 Å². The highest BCUT2D eigenvalue weighted by atomic mass is 32.2. The Morgan fingerprint density at radius 1 is 1.05 bits per heavy atom. The molecule has 3 aromatic rings. The summed E-state index contributed by atoms with van der Waals surface area (Å²) in [6.07, 6.45) is 1.59. The van der Waals surface area contributed by atoms with Gasteiger partial charge in [0.15, 0.2) is 9.84 Å². The number of halogens is 2. The second-order valence-electron chi connectivity index (χ2n) is 9.75. The predicted molar refractivity (Wildman–Crippen MR) is 146 cm³/mol. The first-order valence-corrected chi connectivity index (χ1v) is 14.4. The van der Waals surface area contributed by atoms with Crippen LogP contribution < -0.4 is 10.6 Å². The van der Waals surface area contributed by atoms with Crippen LogP contribution in [0.4, 0.5) is 14.5 Å². The largest absolute Gasteiger partial charge is 0.358 e. The third-order valence-corrected chi connectivity index (χ3v) is 8.81. The Labute approximate surface area is 225 Å². The van der Waals surface area contributed by atoms with E-state index in [0.717, 1.165) is 0 Å². The Morgan fingerprint density at radius 3 is 2.41 bits per heavy atom. The standard InChI is InChI=1S/C28H28F2N4O4S/c1-16-23(32-17(2)24(16)28(36)31-9-10-34-11-13-39(37,38)14-12-34)15-19-25-18(5-3-8-22(25)33-27(19)35)26-20(29)6-4-7-21(26)30/h3-8,15,32H,9-14H2,1-2H3,(H,31,36)(H,33,35). The minimum atomic E-state index is -2.97. The lowest BCUT2D eigenvalue weighted by atomic mass is 9.93. The van der Waals surface area contributed by atoms with Gasteiger partial charge in [-0.3, -0.25) is 14.5 Å². The fourth-order valence-electron chi connectivity index (χ4n) is 5.14. The number of carbonyl (C=O) groups is 2. The number of anilines is 1.